The number of nitro benzene ring substituents is 1. The molecule has 0 atom stereocenters. The molecule has 1 amide bonds. The van der Waals surface area contributed by atoms with Crippen LogP contribution in [0.2, 0.25) is 0 Å². The summed E-state index contributed by atoms with van der Waals surface area (Å²) in [4.78, 5) is 23.1. The quantitative estimate of drug-likeness (QED) is 0.608. The smallest absolute Gasteiger partial charge is 0.282 e. The second-order valence-corrected chi connectivity index (χ2v) is 6.98. The Kier molecular flexibility index (Phi) is 6.06. The summed E-state index contributed by atoms with van der Waals surface area (Å²) in [5, 5.41) is 14.1. The van der Waals surface area contributed by atoms with E-state index < -0.39 is 10.8 Å². The van der Waals surface area contributed by atoms with Crippen LogP contribution in [0.3, 0.4) is 0 Å². The Morgan fingerprint density at radius 1 is 1.15 bits per heavy atom. The van der Waals surface area contributed by atoms with Gasteiger partial charge in [-0.15, -0.1) is 0 Å². The molecule has 0 radical (unpaired) electrons. The van der Waals surface area contributed by atoms with Gasteiger partial charge in [0.2, 0.25) is 0 Å². The Labute approximate surface area is 158 Å². The standard InChI is InChI=1S/C21H24N2O4/c1-27-18-11-12-20(23(25)26)19(13-18)21(24)22-14-15-7-9-17(10-8-15)16-5-3-2-4-6-16/h2-6,11-13,15,17H,7-10,14H2,1H3,(H,22,24). The molecule has 0 heterocycles. The first-order chi connectivity index (χ1) is 13.1. The number of carbonyl (C=O) groups is 1. The maximum Gasteiger partial charge on any atom is 0.282 e. The number of rotatable bonds is 6. The second-order valence-electron chi connectivity index (χ2n) is 6.98. The number of nitro groups is 1. The lowest BCUT2D eigenvalue weighted by molar-refractivity contribution is -0.385. The summed E-state index contributed by atoms with van der Waals surface area (Å²) in [6.45, 7) is 0.536. The Morgan fingerprint density at radius 2 is 1.85 bits per heavy atom. The van der Waals surface area contributed by atoms with Gasteiger partial charge in [-0.3, -0.25) is 14.9 Å². The average Bonchev–Trinajstić information content (AvgIpc) is 2.72. The van der Waals surface area contributed by atoms with E-state index in [1.54, 1.807) is 0 Å². The lowest BCUT2D eigenvalue weighted by Gasteiger charge is -2.29. The van der Waals surface area contributed by atoms with Gasteiger partial charge >= 0.3 is 0 Å². The van der Waals surface area contributed by atoms with E-state index in [-0.39, 0.29) is 11.3 Å². The van der Waals surface area contributed by atoms with E-state index in [4.69, 9.17) is 4.74 Å². The number of methoxy groups -OCH3 is 1. The molecule has 2 aromatic carbocycles. The van der Waals surface area contributed by atoms with Crippen LogP contribution < -0.4 is 10.1 Å². The molecule has 142 valence electrons. The largest absolute Gasteiger partial charge is 0.497 e. The van der Waals surface area contributed by atoms with E-state index in [1.165, 1.54) is 30.9 Å². The highest BCUT2D eigenvalue weighted by atomic mass is 16.6. The number of nitrogens with one attached hydrogen (secondary N) is 1. The van der Waals surface area contributed by atoms with E-state index in [2.05, 4.69) is 29.6 Å². The number of hydrogen-bond donors (Lipinski definition) is 1. The zero-order valence-corrected chi connectivity index (χ0v) is 15.4. The van der Waals surface area contributed by atoms with Crippen molar-refractivity contribution in [1.82, 2.24) is 5.32 Å². The van der Waals surface area contributed by atoms with Crippen LogP contribution in [0.15, 0.2) is 48.5 Å². The molecule has 2 aromatic rings. The van der Waals surface area contributed by atoms with Crippen molar-refractivity contribution >= 4 is 11.6 Å². The molecule has 0 unspecified atom stereocenters. The summed E-state index contributed by atoms with van der Waals surface area (Å²) >= 11 is 0. The summed E-state index contributed by atoms with van der Waals surface area (Å²) in [5.74, 6) is 0.983. The van der Waals surface area contributed by atoms with Gasteiger partial charge in [-0.2, -0.15) is 0 Å². The molecule has 1 aliphatic carbocycles. The molecule has 1 saturated carbocycles. The lowest BCUT2D eigenvalue weighted by Crippen LogP contribution is -2.31. The molecule has 6 heteroatoms. The van der Waals surface area contributed by atoms with Crippen molar-refractivity contribution < 1.29 is 14.5 Å². The Bertz CT molecular complexity index is 799. The first kappa shape index (κ1) is 18.9. The first-order valence-corrected chi connectivity index (χ1v) is 9.24. The highest BCUT2D eigenvalue weighted by Crippen LogP contribution is 2.35. The fourth-order valence-corrected chi connectivity index (χ4v) is 3.74. The molecule has 1 N–H and O–H groups in total. The van der Waals surface area contributed by atoms with Crippen molar-refractivity contribution in [1.29, 1.82) is 0 Å². The van der Waals surface area contributed by atoms with E-state index in [1.807, 2.05) is 6.07 Å². The monoisotopic (exact) mass is 368 g/mol. The summed E-state index contributed by atoms with van der Waals surface area (Å²) in [5.41, 5.74) is 1.21. The third-order valence-electron chi connectivity index (χ3n) is 5.31. The van der Waals surface area contributed by atoms with Crippen molar-refractivity contribution in [2.24, 2.45) is 5.92 Å². The van der Waals surface area contributed by atoms with Crippen LogP contribution in [-0.4, -0.2) is 24.5 Å². The second kappa shape index (κ2) is 8.66. The van der Waals surface area contributed by atoms with Crippen LogP contribution in [0.25, 0.3) is 0 Å². The molecule has 0 aromatic heterocycles. The van der Waals surface area contributed by atoms with Crippen LogP contribution in [0, 0.1) is 16.0 Å². The number of carbonyl (C=O) groups excluding carboxylic acids is 1. The van der Waals surface area contributed by atoms with Crippen molar-refractivity contribution in [3.8, 4) is 5.75 Å². The summed E-state index contributed by atoms with van der Waals surface area (Å²) in [6.07, 6.45) is 4.29. The molecule has 0 aliphatic heterocycles. The third kappa shape index (κ3) is 4.64. The zero-order chi connectivity index (χ0) is 19.2. The van der Waals surface area contributed by atoms with E-state index in [0.29, 0.717) is 24.1 Å². The van der Waals surface area contributed by atoms with E-state index in [9.17, 15) is 14.9 Å². The minimum atomic E-state index is -0.542. The van der Waals surface area contributed by atoms with Crippen LogP contribution >= 0.6 is 0 Å². The normalized spacial score (nSPS) is 19.3. The van der Waals surface area contributed by atoms with Gasteiger partial charge in [-0.1, -0.05) is 30.3 Å². The van der Waals surface area contributed by atoms with E-state index >= 15 is 0 Å². The van der Waals surface area contributed by atoms with Crippen LogP contribution in [0.1, 0.15) is 47.5 Å². The fourth-order valence-electron chi connectivity index (χ4n) is 3.74. The molecule has 0 spiro atoms. The third-order valence-corrected chi connectivity index (χ3v) is 5.31. The number of benzene rings is 2. The van der Waals surface area contributed by atoms with Gasteiger partial charge in [0.1, 0.15) is 11.3 Å². The van der Waals surface area contributed by atoms with Gasteiger partial charge in [0.05, 0.1) is 12.0 Å². The van der Waals surface area contributed by atoms with Gasteiger partial charge in [0, 0.05) is 12.6 Å². The Balaban J connectivity index is 1.57. The van der Waals surface area contributed by atoms with Gasteiger partial charge in [0.25, 0.3) is 11.6 Å². The Hall–Kier alpha value is -2.89. The molecule has 0 saturated heterocycles. The summed E-state index contributed by atoms with van der Waals surface area (Å²) in [6, 6.07) is 14.7. The topological polar surface area (TPSA) is 81.5 Å². The minimum absolute atomic E-state index is 0.0392. The number of ether oxygens (including phenoxy) is 1. The first-order valence-electron chi connectivity index (χ1n) is 9.24. The van der Waals surface area contributed by atoms with Crippen LogP contribution in [0.5, 0.6) is 5.75 Å². The summed E-state index contributed by atoms with van der Waals surface area (Å²) in [7, 11) is 1.47. The van der Waals surface area contributed by atoms with Crippen molar-refractivity contribution in [3.05, 3.63) is 69.8 Å². The molecule has 6 nitrogen and oxygen atoms in total. The van der Waals surface area contributed by atoms with E-state index in [0.717, 1.165) is 25.7 Å². The maximum absolute atomic E-state index is 12.5. The maximum atomic E-state index is 12.5. The zero-order valence-electron chi connectivity index (χ0n) is 15.4. The Morgan fingerprint density at radius 3 is 2.48 bits per heavy atom. The van der Waals surface area contributed by atoms with Gasteiger partial charge in [0.15, 0.2) is 0 Å². The molecular weight excluding hydrogens is 344 g/mol. The molecule has 3 rings (SSSR count). The molecule has 1 fully saturated rings. The van der Waals surface area contributed by atoms with Crippen molar-refractivity contribution in [2.75, 3.05) is 13.7 Å². The molecular formula is C21H24N2O4. The SMILES string of the molecule is COc1ccc([N+](=O)[O-])c(C(=O)NCC2CCC(c3ccccc3)CC2)c1. The highest BCUT2D eigenvalue weighted by molar-refractivity contribution is 5.98. The van der Waals surface area contributed by atoms with Gasteiger partial charge in [-0.05, 0) is 55.2 Å². The highest BCUT2D eigenvalue weighted by Gasteiger charge is 2.25. The summed E-state index contributed by atoms with van der Waals surface area (Å²) < 4.78 is 5.09. The van der Waals surface area contributed by atoms with Gasteiger partial charge < -0.3 is 10.1 Å². The average molecular weight is 368 g/mol. The van der Waals surface area contributed by atoms with Crippen LogP contribution in [0.4, 0.5) is 5.69 Å². The number of amides is 1. The molecule has 1 aliphatic rings. The van der Waals surface area contributed by atoms with Gasteiger partial charge in [-0.25, -0.2) is 0 Å². The molecule has 0 bridgehead atoms. The fraction of sp³-hybridized carbons (Fsp3) is 0.381. The lowest BCUT2D eigenvalue weighted by atomic mass is 9.78. The van der Waals surface area contributed by atoms with Crippen molar-refractivity contribution in [3.63, 3.8) is 0 Å². The number of hydrogen-bond acceptors (Lipinski definition) is 4. The van der Waals surface area contributed by atoms with Crippen LogP contribution in [-0.2, 0) is 0 Å². The number of nitrogens with zero attached hydrogens (tertiary/aromatic N) is 1. The predicted octanol–water partition coefficient (Wildman–Crippen LogP) is 4.31. The molecule has 27 heavy (non-hydrogen) atoms. The van der Waals surface area contributed by atoms with Crippen molar-refractivity contribution in [2.45, 2.75) is 31.6 Å². The minimum Gasteiger partial charge on any atom is -0.497 e. The predicted molar refractivity (Wildman–Crippen MR) is 103 cm³/mol.